The summed E-state index contributed by atoms with van der Waals surface area (Å²) < 4.78 is 6.45. The van der Waals surface area contributed by atoms with Gasteiger partial charge in [-0.25, -0.2) is 4.98 Å². The molecule has 22 heavy (non-hydrogen) atoms. The van der Waals surface area contributed by atoms with Crippen molar-refractivity contribution in [3.63, 3.8) is 0 Å². The fraction of sp³-hybridized carbons (Fsp3) is 0.500. The molecule has 0 aliphatic heterocycles. The number of rotatable bonds is 7. The quantitative estimate of drug-likeness (QED) is 0.449. The summed E-state index contributed by atoms with van der Waals surface area (Å²) in [6.45, 7) is 5.22. The number of aromatic amines is 1. The second-order valence-electron chi connectivity index (χ2n) is 4.79. The summed E-state index contributed by atoms with van der Waals surface area (Å²) in [6.07, 6.45) is 0. The minimum atomic E-state index is -0.108. The molecular formula is C14H20N4O3S. The van der Waals surface area contributed by atoms with Gasteiger partial charge in [-0.1, -0.05) is 11.8 Å². The first kappa shape index (κ1) is 16.6. The van der Waals surface area contributed by atoms with E-state index in [9.17, 15) is 9.59 Å². The summed E-state index contributed by atoms with van der Waals surface area (Å²) in [4.78, 5) is 31.7. The number of hydrogen-bond donors (Lipinski definition) is 2. The van der Waals surface area contributed by atoms with Gasteiger partial charge in [0.1, 0.15) is 5.52 Å². The van der Waals surface area contributed by atoms with Crippen LogP contribution in [0.1, 0.15) is 12.6 Å². The van der Waals surface area contributed by atoms with Gasteiger partial charge in [0.15, 0.2) is 5.16 Å². The number of ether oxygens (including phenoxy) is 1. The van der Waals surface area contributed by atoms with Crippen LogP contribution in [-0.4, -0.2) is 46.5 Å². The molecule has 0 bridgehead atoms. The Kier molecular flexibility index (Phi) is 5.62. The largest absolute Gasteiger partial charge is 0.383 e. The highest BCUT2D eigenvalue weighted by Crippen LogP contribution is 2.18. The van der Waals surface area contributed by atoms with Crippen LogP contribution in [0.15, 0.2) is 16.0 Å². The Bertz CT molecular complexity index is 723. The van der Waals surface area contributed by atoms with Crippen LogP contribution in [0.5, 0.6) is 0 Å². The lowest BCUT2D eigenvalue weighted by molar-refractivity contribution is -0.118. The maximum atomic E-state index is 12.4. The van der Waals surface area contributed by atoms with Gasteiger partial charge < -0.3 is 15.0 Å². The van der Waals surface area contributed by atoms with Crippen LogP contribution >= 0.6 is 11.8 Å². The predicted molar refractivity (Wildman–Crippen MR) is 86.4 cm³/mol. The number of nitrogens with zero attached hydrogens (tertiary/aromatic N) is 2. The molecule has 7 nitrogen and oxygen atoms in total. The molecule has 0 aromatic carbocycles. The van der Waals surface area contributed by atoms with Crippen molar-refractivity contribution in [2.75, 3.05) is 26.0 Å². The average Bonchev–Trinajstić information content (AvgIpc) is 2.86. The van der Waals surface area contributed by atoms with Crippen molar-refractivity contribution >= 4 is 28.7 Å². The standard InChI is InChI=1S/C14H20N4O3S/c1-4-18-13(20)12-10(7-9(2)16-12)17-14(18)22-8-11(19)15-5-6-21-3/h7,16H,4-6,8H2,1-3H3,(H,15,19). The summed E-state index contributed by atoms with van der Waals surface area (Å²) in [5.74, 6) is 0.106. The lowest BCUT2D eigenvalue weighted by atomic mass is 10.4. The molecular weight excluding hydrogens is 304 g/mol. The van der Waals surface area contributed by atoms with Crippen molar-refractivity contribution in [1.29, 1.82) is 0 Å². The first-order chi connectivity index (χ1) is 10.6. The highest BCUT2D eigenvalue weighted by molar-refractivity contribution is 7.99. The van der Waals surface area contributed by atoms with Gasteiger partial charge in [0, 0.05) is 25.9 Å². The zero-order valence-corrected chi connectivity index (χ0v) is 13.7. The molecule has 120 valence electrons. The highest BCUT2D eigenvalue weighted by Gasteiger charge is 2.13. The van der Waals surface area contributed by atoms with Crippen molar-refractivity contribution < 1.29 is 9.53 Å². The van der Waals surface area contributed by atoms with Crippen molar-refractivity contribution in [2.45, 2.75) is 25.5 Å². The van der Waals surface area contributed by atoms with E-state index in [1.807, 2.05) is 19.9 Å². The van der Waals surface area contributed by atoms with Gasteiger partial charge in [-0.3, -0.25) is 14.2 Å². The number of carbonyl (C=O) groups is 1. The van der Waals surface area contributed by atoms with Gasteiger partial charge in [-0.2, -0.15) is 0 Å². The maximum Gasteiger partial charge on any atom is 0.278 e. The number of aryl methyl sites for hydroxylation is 1. The van der Waals surface area contributed by atoms with E-state index in [2.05, 4.69) is 15.3 Å². The second kappa shape index (κ2) is 7.46. The van der Waals surface area contributed by atoms with Crippen LogP contribution in [0.3, 0.4) is 0 Å². The summed E-state index contributed by atoms with van der Waals surface area (Å²) >= 11 is 1.26. The molecule has 0 atom stereocenters. The molecule has 0 saturated carbocycles. The lowest BCUT2D eigenvalue weighted by Crippen LogP contribution is -2.29. The molecule has 0 aliphatic rings. The molecule has 0 fully saturated rings. The van der Waals surface area contributed by atoms with Crippen molar-refractivity contribution in [3.05, 3.63) is 22.1 Å². The Balaban J connectivity index is 2.16. The van der Waals surface area contributed by atoms with Gasteiger partial charge in [0.2, 0.25) is 5.91 Å². The lowest BCUT2D eigenvalue weighted by Gasteiger charge is -2.09. The fourth-order valence-electron chi connectivity index (χ4n) is 2.07. The van der Waals surface area contributed by atoms with E-state index >= 15 is 0 Å². The van der Waals surface area contributed by atoms with E-state index < -0.39 is 0 Å². The number of carbonyl (C=O) groups excluding carboxylic acids is 1. The van der Waals surface area contributed by atoms with E-state index in [1.54, 1.807) is 11.7 Å². The van der Waals surface area contributed by atoms with E-state index in [0.717, 1.165) is 5.69 Å². The van der Waals surface area contributed by atoms with Crippen molar-refractivity contribution in [2.24, 2.45) is 0 Å². The SMILES string of the molecule is CCn1c(SCC(=O)NCCOC)nc2cc(C)[nH]c2c1=O. The minimum Gasteiger partial charge on any atom is -0.383 e. The third-order valence-electron chi connectivity index (χ3n) is 3.11. The van der Waals surface area contributed by atoms with Gasteiger partial charge in [-0.15, -0.1) is 0 Å². The zero-order chi connectivity index (χ0) is 16.1. The topological polar surface area (TPSA) is 89.0 Å². The van der Waals surface area contributed by atoms with E-state index in [1.165, 1.54) is 11.8 Å². The van der Waals surface area contributed by atoms with Gasteiger partial charge >= 0.3 is 0 Å². The van der Waals surface area contributed by atoms with Crippen molar-refractivity contribution in [1.82, 2.24) is 19.9 Å². The van der Waals surface area contributed by atoms with Gasteiger partial charge in [0.25, 0.3) is 5.56 Å². The molecule has 0 radical (unpaired) electrons. The minimum absolute atomic E-state index is 0.107. The Hall–Kier alpha value is -1.80. The third kappa shape index (κ3) is 3.69. The summed E-state index contributed by atoms with van der Waals surface area (Å²) in [6, 6.07) is 1.83. The molecule has 1 amide bonds. The molecule has 2 heterocycles. The van der Waals surface area contributed by atoms with Gasteiger partial charge in [0.05, 0.1) is 17.9 Å². The number of nitrogens with one attached hydrogen (secondary N) is 2. The van der Waals surface area contributed by atoms with Crippen LogP contribution < -0.4 is 10.9 Å². The number of H-pyrrole nitrogens is 1. The number of aromatic nitrogens is 3. The fourth-order valence-corrected chi connectivity index (χ4v) is 2.97. The molecule has 0 saturated heterocycles. The molecule has 8 heteroatoms. The molecule has 2 aromatic heterocycles. The van der Waals surface area contributed by atoms with Crippen LogP contribution in [0, 0.1) is 6.92 Å². The summed E-state index contributed by atoms with van der Waals surface area (Å²) in [5.41, 5.74) is 1.92. The Morgan fingerprint density at radius 1 is 1.55 bits per heavy atom. The van der Waals surface area contributed by atoms with Crippen LogP contribution in [0.2, 0.25) is 0 Å². The van der Waals surface area contributed by atoms with Crippen LogP contribution in [-0.2, 0) is 16.1 Å². The average molecular weight is 324 g/mol. The third-order valence-corrected chi connectivity index (χ3v) is 4.09. The van der Waals surface area contributed by atoms with Gasteiger partial charge in [-0.05, 0) is 19.9 Å². The first-order valence-corrected chi connectivity index (χ1v) is 8.04. The normalized spacial score (nSPS) is 11.0. The molecule has 2 rings (SSSR count). The van der Waals surface area contributed by atoms with Crippen molar-refractivity contribution in [3.8, 4) is 0 Å². The summed E-state index contributed by atoms with van der Waals surface area (Å²) in [7, 11) is 1.58. The maximum absolute atomic E-state index is 12.4. The number of methoxy groups -OCH3 is 1. The number of fused-ring (bicyclic) bond motifs is 1. The predicted octanol–water partition coefficient (Wildman–Crippen LogP) is 0.908. The number of thioether (sulfide) groups is 1. The molecule has 0 spiro atoms. The van der Waals surface area contributed by atoms with Crippen LogP contribution in [0.4, 0.5) is 0 Å². The van der Waals surface area contributed by atoms with Crippen LogP contribution in [0.25, 0.3) is 11.0 Å². The monoisotopic (exact) mass is 324 g/mol. The number of amides is 1. The van der Waals surface area contributed by atoms with E-state index in [0.29, 0.717) is 35.9 Å². The Labute approximate surface area is 132 Å². The second-order valence-corrected chi connectivity index (χ2v) is 5.73. The Morgan fingerprint density at radius 2 is 2.32 bits per heavy atom. The zero-order valence-electron chi connectivity index (χ0n) is 12.9. The van der Waals surface area contributed by atoms with E-state index in [4.69, 9.17) is 4.74 Å². The smallest absolute Gasteiger partial charge is 0.278 e. The molecule has 2 N–H and O–H groups in total. The first-order valence-electron chi connectivity index (χ1n) is 7.05. The molecule has 2 aromatic rings. The summed E-state index contributed by atoms with van der Waals surface area (Å²) in [5, 5.41) is 3.30. The van der Waals surface area contributed by atoms with E-state index in [-0.39, 0.29) is 17.2 Å². The highest BCUT2D eigenvalue weighted by atomic mass is 32.2. The Morgan fingerprint density at radius 3 is 3.00 bits per heavy atom. The molecule has 0 unspecified atom stereocenters. The number of hydrogen-bond acceptors (Lipinski definition) is 5. The molecule has 0 aliphatic carbocycles.